The number of hydrogen-bond donors (Lipinski definition) is 3. The van der Waals surface area contributed by atoms with Gasteiger partial charge in [0.15, 0.2) is 0 Å². The Morgan fingerprint density at radius 1 is 1.45 bits per heavy atom. The largest absolute Gasteiger partial charge is 0.480 e. The minimum absolute atomic E-state index is 0.263. The van der Waals surface area contributed by atoms with Gasteiger partial charge in [0.1, 0.15) is 18.6 Å². The third-order valence-electron chi connectivity index (χ3n) is 3.11. The molecule has 4 amide bonds. The van der Waals surface area contributed by atoms with Crippen molar-refractivity contribution in [2.75, 3.05) is 6.54 Å². The fraction of sp³-hybridized carbons (Fsp3) is 0.667. The molecular formula is C12H19N3O5. The molecular weight excluding hydrogens is 266 g/mol. The van der Waals surface area contributed by atoms with Crippen molar-refractivity contribution in [1.29, 1.82) is 0 Å². The summed E-state index contributed by atoms with van der Waals surface area (Å²) in [7, 11) is 0. The summed E-state index contributed by atoms with van der Waals surface area (Å²) in [4.78, 5) is 47.2. The van der Waals surface area contributed by atoms with Crippen LogP contribution in [0, 0.1) is 5.92 Å². The number of nitrogens with one attached hydrogen (secondary N) is 2. The van der Waals surface area contributed by atoms with Gasteiger partial charge in [-0.3, -0.25) is 14.9 Å². The van der Waals surface area contributed by atoms with Crippen LogP contribution in [0.1, 0.15) is 27.2 Å². The molecule has 0 spiro atoms. The molecule has 8 heteroatoms. The van der Waals surface area contributed by atoms with Gasteiger partial charge in [-0.05, 0) is 12.3 Å². The average Bonchev–Trinajstić information content (AvgIpc) is 2.33. The SMILES string of the molecule is CCC1C(=O)NC(=O)CN1C(=O)N[C@H](C(=O)O)C(C)C. The number of hydrogen-bond acceptors (Lipinski definition) is 4. The number of imide groups is 1. The van der Waals surface area contributed by atoms with Gasteiger partial charge in [0.25, 0.3) is 0 Å². The summed E-state index contributed by atoms with van der Waals surface area (Å²) in [5.74, 6) is -2.60. The quantitative estimate of drug-likeness (QED) is 0.605. The van der Waals surface area contributed by atoms with Gasteiger partial charge in [0.2, 0.25) is 11.8 Å². The number of carboxylic acids is 1. The van der Waals surface area contributed by atoms with Crippen molar-refractivity contribution < 1.29 is 24.3 Å². The Morgan fingerprint density at radius 3 is 2.50 bits per heavy atom. The van der Waals surface area contributed by atoms with E-state index in [-0.39, 0.29) is 12.5 Å². The zero-order valence-electron chi connectivity index (χ0n) is 11.7. The summed E-state index contributed by atoms with van der Waals surface area (Å²) in [6.07, 6.45) is 0.339. The van der Waals surface area contributed by atoms with Crippen molar-refractivity contribution in [3.8, 4) is 0 Å². The predicted octanol–water partition coefficient (Wildman–Crippen LogP) is -0.458. The topological polar surface area (TPSA) is 116 Å². The lowest BCUT2D eigenvalue weighted by Gasteiger charge is -2.34. The first-order chi connectivity index (χ1) is 9.27. The number of carboxylic acid groups (broad SMARTS) is 1. The van der Waals surface area contributed by atoms with Crippen molar-refractivity contribution in [1.82, 2.24) is 15.5 Å². The number of nitrogens with zero attached hydrogens (tertiary/aromatic N) is 1. The highest BCUT2D eigenvalue weighted by atomic mass is 16.4. The van der Waals surface area contributed by atoms with E-state index in [0.29, 0.717) is 6.42 Å². The molecule has 1 heterocycles. The van der Waals surface area contributed by atoms with Crippen LogP contribution in [0.5, 0.6) is 0 Å². The minimum atomic E-state index is -1.16. The first-order valence-corrected chi connectivity index (χ1v) is 6.41. The summed E-state index contributed by atoms with van der Waals surface area (Å²) in [6, 6.07) is -2.56. The molecule has 0 radical (unpaired) electrons. The fourth-order valence-corrected chi connectivity index (χ4v) is 2.02. The Hall–Kier alpha value is -2.12. The molecule has 1 unspecified atom stereocenters. The van der Waals surface area contributed by atoms with E-state index >= 15 is 0 Å². The summed E-state index contributed by atoms with van der Waals surface area (Å²) in [5.41, 5.74) is 0. The van der Waals surface area contributed by atoms with Crippen molar-refractivity contribution in [2.24, 2.45) is 5.92 Å². The van der Waals surface area contributed by atoms with Crippen LogP contribution in [0.25, 0.3) is 0 Å². The Morgan fingerprint density at radius 2 is 2.05 bits per heavy atom. The number of urea groups is 1. The van der Waals surface area contributed by atoms with Crippen molar-refractivity contribution in [3.05, 3.63) is 0 Å². The summed E-state index contributed by atoms with van der Waals surface area (Å²) < 4.78 is 0. The van der Waals surface area contributed by atoms with Gasteiger partial charge < -0.3 is 15.3 Å². The molecule has 0 aromatic heterocycles. The number of carbonyl (C=O) groups excluding carboxylic acids is 3. The highest BCUT2D eigenvalue weighted by Gasteiger charge is 2.37. The first-order valence-electron chi connectivity index (χ1n) is 6.41. The predicted molar refractivity (Wildman–Crippen MR) is 68.7 cm³/mol. The zero-order valence-corrected chi connectivity index (χ0v) is 11.7. The van der Waals surface area contributed by atoms with Crippen LogP contribution in [0.15, 0.2) is 0 Å². The number of rotatable bonds is 4. The molecule has 20 heavy (non-hydrogen) atoms. The summed E-state index contributed by atoms with van der Waals surface area (Å²) in [6.45, 7) is 4.76. The molecule has 0 saturated carbocycles. The zero-order chi connectivity index (χ0) is 15.4. The third kappa shape index (κ3) is 3.46. The van der Waals surface area contributed by atoms with Gasteiger partial charge in [-0.1, -0.05) is 20.8 Å². The lowest BCUT2D eigenvalue weighted by Crippen LogP contribution is -2.63. The standard InChI is InChI=1S/C12H19N3O5/c1-4-7-10(17)13-8(16)5-15(7)12(20)14-9(6(2)3)11(18)19/h6-7,9H,4-5H2,1-3H3,(H,14,20)(H,18,19)(H,13,16,17)/t7?,9-/m0/s1. The molecule has 3 N–H and O–H groups in total. The molecule has 1 aliphatic heterocycles. The molecule has 0 aliphatic carbocycles. The lowest BCUT2D eigenvalue weighted by molar-refractivity contribution is -0.140. The van der Waals surface area contributed by atoms with E-state index in [1.165, 1.54) is 0 Å². The molecule has 112 valence electrons. The second-order valence-electron chi connectivity index (χ2n) is 4.97. The van der Waals surface area contributed by atoms with E-state index in [9.17, 15) is 19.2 Å². The smallest absolute Gasteiger partial charge is 0.326 e. The number of piperazine rings is 1. The highest BCUT2D eigenvalue weighted by Crippen LogP contribution is 2.11. The second-order valence-corrected chi connectivity index (χ2v) is 4.97. The van der Waals surface area contributed by atoms with Crippen molar-refractivity contribution in [3.63, 3.8) is 0 Å². The van der Waals surface area contributed by atoms with Crippen LogP contribution in [-0.4, -0.2) is 52.4 Å². The van der Waals surface area contributed by atoms with Crippen LogP contribution in [0.4, 0.5) is 4.79 Å². The van der Waals surface area contributed by atoms with Crippen LogP contribution in [-0.2, 0) is 14.4 Å². The van der Waals surface area contributed by atoms with E-state index in [0.717, 1.165) is 4.90 Å². The molecule has 0 aromatic rings. The van der Waals surface area contributed by atoms with E-state index < -0.39 is 35.9 Å². The van der Waals surface area contributed by atoms with Crippen LogP contribution >= 0.6 is 0 Å². The average molecular weight is 285 g/mol. The number of carbonyl (C=O) groups is 4. The monoisotopic (exact) mass is 285 g/mol. The van der Waals surface area contributed by atoms with Crippen molar-refractivity contribution >= 4 is 23.8 Å². The maximum Gasteiger partial charge on any atom is 0.326 e. The van der Waals surface area contributed by atoms with Gasteiger partial charge in [-0.15, -0.1) is 0 Å². The van der Waals surface area contributed by atoms with Crippen LogP contribution in [0.3, 0.4) is 0 Å². The Balaban J connectivity index is 2.85. The van der Waals surface area contributed by atoms with Gasteiger partial charge in [0, 0.05) is 0 Å². The molecule has 1 aliphatic rings. The third-order valence-corrected chi connectivity index (χ3v) is 3.11. The maximum atomic E-state index is 12.1. The Kier molecular flexibility index (Phi) is 5.06. The molecule has 1 rings (SSSR count). The summed E-state index contributed by atoms with van der Waals surface area (Å²) in [5, 5.41) is 13.5. The molecule has 0 bridgehead atoms. The highest BCUT2D eigenvalue weighted by molar-refractivity contribution is 6.04. The van der Waals surface area contributed by atoms with E-state index in [4.69, 9.17) is 5.11 Å². The molecule has 8 nitrogen and oxygen atoms in total. The normalized spacial score (nSPS) is 20.6. The maximum absolute atomic E-state index is 12.1. The molecule has 1 fully saturated rings. The first kappa shape index (κ1) is 15.9. The number of aliphatic carboxylic acids is 1. The number of amides is 4. The van der Waals surface area contributed by atoms with E-state index in [2.05, 4.69) is 10.6 Å². The van der Waals surface area contributed by atoms with Gasteiger partial charge >= 0.3 is 12.0 Å². The Labute approximate surface area is 116 Å². The van der Waals surface area contributed by atoms with Gasteiger partial charge in [0.05, 0.1) is 0 Å². The summed E-state index contributed by atoms with van der Waals surface area (Å²) >= 11 is 0. The Bertz CT molecular complexity index is 435. The minimum Gasteiger partial charge on any atom is -0.480 e. The van der Waals surface area contributed by atoms with Crippen LogP contribution < -0.4 is 10.6 Å². The van der Waals surface area contributed by atoms with Crippen molar-refractivity contribution in [2.45, 2.75) is 39.3 Å². The van der Waals surface area contributed by atoms with Gasteiger partial charge in [-0.2, -0.15) is 0 Å². The fourth-order valence-electron chi connectivity index (χ4n) is 2.02. The lowest BCUT2D eigenvalue weighted by atomic mass is 10.0. The second kappa shape index (κ2) is 6.36. The molecule has 0 aromatic carbocycles. The van der Waals surface area contributed by atoms with Gasteiger partial charge in [-0.25, -0.2) is 9.59 Å². The van der Waals surface area contributed by atoms with E-state index in [1.54, 1.807) is 20.8 Å². The molecule has 1 saturated heterocycles. The van der Waals surface area contributed by atoms with Crippen LogP contribution in [0.2, 0.25) is 0 Å². The van der Waals surface area contributed by atoms with E-state index in [1.807, 2.05) is 0 Å². The molecule has 2 atom stereocenters.